The number of thiocarbonyl (C=S) groups is 1. The second-order valence-electron chi connectivity index (χ2n) is 7.00. The highest BCUT2D eigenvalue weighted by Gasteiger charge is 2.16. The molecule has 1 fully saturated rings. The van der Waals surface area contributed by atoms with Gasteiger partial charge in [-0.25, -0.2) is 0 Å². The van der Waals surface area contributed by atoms with Crippen molar-refractivity contribution in [3.8, 4) is 0 Å². The Balaban J connectivity index is 1.58. The topological polar surface area (TPSA) is 90.8 Å². The van der Waals surface area contributed by atoms with Gasteiger partial charge in [0.05, 0.1) is 4.92 Å². The maximum absolute atomic E-state index is 12.3. The van der Waals surface area contributed by atoms with Crippen molar-refractivity contribution < 1.29 is 9.72 Å². The first-order valence-corrected chi connectivity index (χ1v) is 9.65. The average molecular weight is 414 g/mol. The summed E-state index contributed by atoms with van der Waals surface area (Å²) in [7, 11) is 2.12. The Morgan fingerprint density at radius 1 is 1.10 bits per heavy atom. The van der Waals surface area contributed by atoms with Crippen molar-refractivity contribution in [2.24, 2.45) is 0 Å². The molecule has 0 radical (unpaired) electrons. The molecule has 2 aromatic rings. The molecule has 0 atom stereocenters. The molecule has 29 heavy (non-hydrogen) atoms. The van der Waals surface area contributed by atoms with Crippen molar-refractivity contribution >= 4 is 40.3 Å². The van der Waals surface area contributed by atoms with E-state index in [2.05, 4.69) is 27.5 Å². The number of hydrogen-bond donors (Lipinski definition) is 2. The van der Waals surface area contributed by atoms with E-state index in [1.807, 2.05) is 24.3 Å². The highest BCUT2D eigenvalue weighted by molar-refractivity contribution is 7.80. The minimum atomic E-state index is -0.509. The van der Waals surface area contributed by atoms with Crippen LogP contribution < -0.4 is 15.5 Å². The number of nitrogens with zero attached hydrogens (tertiary/aromatic N) is 3. The highest BCUT2D eigenvalue weighted by Crippen LogP contribution is 2.20. The zero-order chi connectivity index (χ0) is 21.0. The molecule has 8 nitrogen and oxygen atoms in total. The zero-order valence-corrected chi connectivity index (χ0v) is 17.2. The molecule has 1 aliphatic rings. The first-order valence-electron chi connectivity index (χ1n) is 9.24. The van der Waals surface area contributed by atoms with Gasteiger partial charge in [-0.05, 0) is 56.5 Å². The Kier molecular flexibility index (Phi) is 6.40. The summed E-state index contributed by atoms with van der Waals surface area (Å²) in [5, 5.41) is 16.7. The molecule has 2 N–H and O–H groups in total. The van der Waals surface area contributed by atoms with Crippen LogP contribution in [0, 0.1) is 17.0 Å². The van der Waals surface area contributed by atoms with E-state index < -0.39 is 10.8 Å². The zero-order valence-electron chi connectivity index (χ0n) is 16.3. The number of aryl methyl sites for hydroxylation is 1. The van der Waals surface area contributed by atoms with Crippen LogP contribution in [0.15, 0.2) is 42.5 Å². The van der Waals surface area contributed by atoms with Crippen LogP contribution in [0.25, 0.3) is 0 Å². The predicted octanol–water partition coefficient (Wildman–Crippen LogP) is 2.78. The number of likely N-dealkylation sites (N-methyl/N-ethyl adjacent to an activating group) is 1. The van der Waals surface area contributed by atoms with Crippen LogP contribution >= 0.6 is 12.2 Å². The molecule has 152 valence electrons. The molecule has 0 saturated carbocycles. The molecule has 1 saturated heterocycles. The minimum absolute atomic E-state index is 0.101. The molecule has 1 amide bonds. The maximum Gasteiger partial charge on any atom is 0.273 e. The van der Waals surface area contributed by atoms with Crippen LogP contribution in [0.1, 0.15) is 15.9 Å². The van der Waals surface area contributed by atoms with E-state index in [4.69, 9.17) is 12.2 Å². The van der Waals surface area contributed by atoms with E-state index in [0.717, 1.165) is 37.6 Å². The van der Waals surface area contributed by atoms with E-state index in [1.165, 1.54) is 12.1 Å². The average Bonchev–Trinajstić information content (AvgIpc) is 2.69. The van der Waals surface area contributed by atoms with Crippen molar-refractivity contribution in [3.63, 3.8) is 0 Å². The lowest BCUT2D eigenvalue weighted by molar-refractivity contribution is -0.385. The quantitative estimate of drug-likeness (QED) is 0.452. The maximum atomic E-state index is 12.3. The Labute approximate surface area is 174 Å². The molecule has 0 aromatic heterocycles. The molecular formula is C20H23N5O3S. The van der Waals surface area contributed by atoms with E-state index >= 15 is 0 Å². The lowest BCUT2D eigenvalue weighted by atomic mass is 10.1. The van der Waals surface area contributed by atoms with Crippen LogP contribution in [-0.4, -0.2) is 54.1 Å². The van der Waals surface area contributed by atoms with Gasteiger partial charge in [-0.1, -0.05) is 6.07 Å². The van der Waals surface area contributed by atoms with Crippen LogP contribution in [0.3, 0.4) is 0 Å². The fraction of sp³-hybridized carbons (Fsp3) is 0.300. The summed E-state index contributed by atoms with van der Waals surface area (Å²) in [6.07, 6.45) is 0. The van der Waals surface area contributed by atoms with Gasteiger partial charge in [0.1, 0.15) is 0 Å². The predicted molar refractivity (Wildman–Crippen MR) is 118 cm³/mol. The van der Waals surface area contributed by atoms with Crippen molar-refractivity contribution in [2.45, 2.75) is 6.92 Å². The first-order chi connectivity index (χ1) is 13.8. The third-order valence-corrected chi connectivity index (χ3v) is 5.09. The molecular weight excluding hydrogens is 390 g/mol. The second-order valence-corrected chi connectivity index (χ2v) is 7.41. The number of anilines is 2. The van der Waals surface area contributed by atoms with Gasteiger partial charge in [-0.15, -0.1) is 0 Å². The summed E-state index contributed by atoms with van der Waals surface area (Å²) in [5.74, 6) is -0.500. The van der Waals surface area contributed by atoms with Crippen molar-refractivity contribution in [1.82, 2.24) is 10.2 Å². The number of hydrogen-bond acceptors (Lipinski definition) is 6. The lowest BCUT2D eigenvalue weighted by Crippen LogP contribution is -2.44. The summed E-state index contributed by atoms with van der Waals surface area (Å²) in [5.41, 5.74) is 2.47. The fourth-order valence-corrected chi connectivity index (χ4v) is 3.32. The van der Waals surface area contributed by atoms with Crippen LogP contribution in [0.4, 0.5) is 17.1 Å². The first kappa shape index (κ1) is 20.7. The van der Waals surface area contributed by atoms with E-state index in [9.17, 15) is 14.9 Å². The van der Waals surface area contributed by atoms with Gasteiger partial charge in [0.25, 0.3) is 11.6 Å². The van der Waals surface area contributed by atoms with Gasteiger partial charge in [-0.3, -0.25) is 20.2 Å². The van der Waals surface area contributed by atoms with Gasteiger partial charge < -0.3 is 15.1 Å². The highest BCUT2D eigenvalue weighted by atomic mass is 32.1. The Morgan fingerprint density at radius 2 is 1.76 bits per heavy atom. The number of benzene rings is 2. The summed E-state index contributed by atoms with van der Waals surface area (Å²) in [6, 6.07) is 12.2. The minimum Gasteiger partial charge on any atom is -0.369 e. The van der Waals surface area contributed by atoms with Gasteiger partial charge in [0, 0.05) is 54.7 Å². The standard InChI is InChI=1S/C20H23N5O3S/c1-14-3-4-15(13-18(14)25(27)28)19(26)22-20(29)21-16-5-7-17(8-6-16)24-11-9-23(2)10-12-24/h3-8,13H,9-12H2,1-2H3,(H2,21,22,26,29). The third-order valence-electron chi connectivity index (χ3n) is 4.89. The smallest absolute Gasteiger partial charge is 0.273 e. The third kappa shape index (κ3) is 5.27. The molecule has 3 rings (SSSR count). The van der Waals surface area contributed by atoms with Gasteiger partial charge >= 0.3 is 0 Å². The summed E-state index contributed by atoms with van der Waals surface area (Å²) < 4.78 is 0. The van der Waals surface area contributed by atoms with Gasteiger partial charge in [0.2, 0.25) is 0 Å². The summed E-state index contributed by atoms with van der Waals surface area (Å²) in [4.78, 5) is 27.5. The normalized spacial score (nSPS) is 14.3. The number of nitrogens with one attached hydrogen (secondary N) is 2. The van der Waals surface area contributed by atoms with Gasteiger partial charge in [0.15, 0.2) is 5.11 Å². The largest absolute Gasteiger partial charge is 0.369 e. The van der Waals surface area contributed by atoms with Gasteiger partial charge in [-0.2, -0.15) is 0 Å². The Hall–Kier alpha value is -3.04. The van der Waals surface area contributed by atoms with E-state index in [-0.39, 0.29) is 16.4 Å². The number of nitro benzene ring substituents is 1. The summed E-state index contributed by atoms with van der Waals surface area (Å²) >= 11 is 5.20. The molecule has 0 bridgehead atoms. The van der Waals surface area contributed by atoms with Crippen molar-refractivity contribution in [1.29, 1.82) is 0 Å². The number of amides is 1. The van der Waals surface area contributed by atoms with Crippen molar-refractivity contribution in [2.75, 3.05) is 43.4 Å². The number of carbonyl (C=O) groups is 1. The number of rotatable bonds is 4. The van der Waals surface area contributed by atoms with Crippen LogP contribution in [-0.2, 0) is 0 Å². The monoisotopic (exact) mass is 413 g/mol. The van der Waals surface area contributed by atoms with Crippen LogP contribution in [0.5, 0.6) is 0 Å². The van der Waals surface area contributed by atoms with Crippen LogP contribution in [0.2, 0.25) is 0 Å². The number of piperazine rings is 1. The number of nitro groups is 1. The lowest BCUT2D eigenvalue weighted by Gasteiger charge is -2.34. The Morgan fingerprint density at radius 3 is 2.38 bits per heavy atom. The molecule has 0 unspecified atom stereocenters. The molecule has 2 aromatic carbocycles. The second kappa shape index (κ2) is 8.97. The SMILES string of the molecule is Cc1ccc(C(=O)NC(=S)Nc2ccc(N3CCN(C)CC3)cc2)cc1[N+](=O)[O-]. The molecule has 0 spiro atoms. The van der Waals surface area contributed by atoms with E-state index in [1.54, 1.807) is 13.0 Å². The molecule has 9 heteroatoms. The molecule has 1 aliphatic heterocycles. The van der Waals surface area contributed by atoms with Crippen molar-refractivity contribution in [3.05, 3.63) is 63.7 Å². The van der Waals surface area contributed by atoms with E-state index in [0.29, 0.717) is 5.56 Å². The fourth-order valence-electron chi connectivity index (χ4n) is 3.11. The molecule has 1 heterocycles. The summed E-state index contributed by atoms with van der Waals surface area (Å²) in [6.45, 7) is 5.67. The molecule has 0 aliphatic carbocycles. The Bertz CT molecular complexity index is 924. The number of carbonyl (C=O) groups excluding carboxylic acids is 1.